The van der Waals surface area contributed by atoms with Crippen LogP contribution in [-0.2, 0) is 4.79 Å². The van der Waals surface area contributed by atoms with E-state index in [1.807, 2.05) is 6.07 Å². The van der Waals surface area contributed by atoms with Crippen LogP contribution in [0.4, 0.5) is 11.6 Å². The number of aliphatic hydroxyl groups excluding tert-OH is 1. The van der Waals surface area contributed by atoms with Gasteiger partial charge >= 0.3 is 0 Å². The van der Waals surface area contributed by atoms with Crippen LogP contribution in [0.1, 0.15) is 42.7 Å². The van der Waals surface area contributed by atoms with Gasteiger partial charge in [0.2, 0.25) is 12.4 Å². The highest BCUT2D eigenvalue weighted by atomic mass is 16.5. The summed E-state index contributed by atoms with van der Waals surface area (Å²) in [6, 6.07) is 12.7. The number of Topliss-reactive ketones (excluding diaryl/α,β-unsaturated/α-hetero) is 1. The highest BCUT2D eigenvalue weighted by Gasteiger charge is 2.20. The molecule has 1 saturated heterocycles. The Morgan fingerprint density at radius 1 is 1.25 bits per heavy atom. The Balaban J connectivity index is 0.00000115. The van der Waals surface area contributed by atoms with E-state index in [0.717, 1.165) is 24.8 Å². The fraction of sp³-hybridized carbons (Fsp3) is 0.308. The molecular weight excluding hydrogens is 460 g/mol. The first kappa shape index (κ1) is 26.2. The first-order valence-electron chi connectivity index (χ1n) is 11.6. The van der Waals surface area contributed by atoms with Crippen molar-refractivity contribution in [2.75, 3.05) is 25.0 Å². The van der Waals surface area contributed by atoms with Crippen molar-refractivity contribution in [3.8, 4) is 23.1 Å². The Morgan fingerprint density at radius 3 is 2.61 bits per heavy atom. The minimum absolute atomic E-state index is 0.0306. The number of aliphatic hydroxyl groups is 1. The van der Waals surface area contributed by atoms with Crippen LogP contribution in [0, 0.1) is 11.3 Å². The Kier molecular flexibility index (Phi) is 9.42. The second-order valence-corrected chi connectivity index (χ2v) is 7.98. The number of hydrogen-bond acceptors (Lipinski definition) is 9. The highest BCUT2D eigenvalue weighted by molar-refractivity contribution is 5.92. The molecule has 4 rings (SSSR count). The van der Waals surface area contributed by atoms with Gasteiger partial charge in [-0.3, -0.25) is 14.6 Å². The van der Waals surface area contributed by atoms with Gasteiger partial charge in [0.15, 0.2) is 5.78 Å². The van der Waals surface area contributed by atoms with Crippen LogP contribution in [0.2, 0.25) is 0 Å². The third-order valence-corrected chi connectivity index (χ3v) is 5.35. The molecule has 10 heteroatoms. The summed E-state index contributed by atoms with van der Waals surface area (Å²) in [4.78, 5) is 36.8. The number of nitrogens with one attached hydrogen (secondary N) is 1. The molecule has 1 amide bonds. The van der Waals surface area contributed by atoms with Crippen molar-refractivity contribution < 1.29 is 19.4 Å². The predicted octanol–water partition coefficient (Wildman–Crippen LogP) is 3.35. The molecule has 1 aliphatic rings. The fourth-order valence-corrected chi connectivity index (χ4v) is 3.54. The summed E-state index contributed by atoms with van der Waals surface area (Å²) < 4.78 is 6.05. The lowest BCUT2D eigenvalue weighted by Crippen LogP contribution is -2.37. The van der Waals surface area contributed by atoms with Gasteiger partial charge in [-0.2, -0.15) is 5.26 Å². The van der Waals surface area contributed by atoms with Crippen LogP contribution in [0.3, 0.4) is 0 Å². The fourth-order valence-electron chi connectivity index (χ4n) is 3.54. The number of pyridine rings is 1. The summed E-state index contributed by atoms with van der Waals surface area (Å²) in [6.45, 7) is 4.69. The molecule has 2 N–H and O–H groups in total. The van der Waals surface area contributed by atoms with Gasteiger partial charge in [-0.25, -0.2) is 9.97 Å². The normalized spacial score (nSPS) is 13.1. The summed E-state index contributed by atoms with van der Waals surface area (Å²) in [5.41, 5.74) is 2.85. The molecule has 0 aliphatic carbocycles. The van der Waals surface area contributed by atoms with E-state index >= 15 is 0 Å². The topological polar surface area (TPSA) is 141 Å². The SMILES string of the molecule is CC(=O)c1ccc(Nc2nccc(-c3ccc(OC4CCN(C=O)CC4)c(C#N)c3)n2)cn1.CCO. The van der Waals surface area contributed by atoms with Gasteiger partial charge in [-0.1, -0.05) is 0 Å². The number of amides is 1. The molecule has 3 aromatic rings. The largest absolute Gasteiger partial charge is 0.489 e. The van der Waals surface area contributed by atoms with Crippen molar-refractivity contribution in [1.82, 2.24) is 19.9 Å². The van der Waals surface area contributed by atoms with Gasteiger partial charge in [-0.15, -0.1) is 0 Å². The van der Waals surface area contributed by atoms with E-state index in [2.05, 4.69) is 26.3 Å². The number of aromatic nitrogens is 3. The lowest BCUT2D eigenvalue weighted by Gasteiger charge is -2.29. The summed E-state index contributed by atoms with van der Waals surface area (Å²) in [6.07, 6.45) is 5.46. The summed E-state index contributed by atoms with van der Waals surface area (Å²) in [7, 11) is 0. The van der Waals surface area contributed by atoms with Crippen LogP contribution < -0.4 is 10.1 Å². The average Bonchev–Trinajstić information content (AvgIpc) is 2.90. The second kappa shape index (κ2) is 12.9. The van der Waals surface area contributed by atoms with Crippen LogP contribution in [0.5, 0.6) is 5.75 Å². The van der Waals surface area contributed by atoms with E-state index in [1.54, 1.807) is 54.5 Å². The van der Waals surface area contributed by atoms with Crippen LogP contribution in [0.15, 0.2) is 48.8 Å². The molecule has 0 bridgehead atoms. The van der Waals surface area contributed by atoms with E-state index in [0.29, 0.717) is 47.4 Å². The van der Waals surface area contributed by atoms with Crippen molar-refractivity contribution in [3.63, 3.8) is 0 Å². The van der Waals surface area contributed by atoms with Crippen LogP contribution in [-0.4, -0.2) is 63.0 Å². The summed E-state index contributed by atoms with van der Waals surface area (Å²) >= 11 is 0. The van der Waals surface area contributed by atoms with Gasteiger partial charge in [0.1, 0.15) is 23.6 Å². The molecular formula is C26H28N6O4. The van der Waals surface area contributed by atoms with Crippen molar-refractivity contribution in [2.24, 2.45) is 0 Å². The van der Waals surface area contributed by atoms with Gasteiger partial charge in [-0.05, 0) is 43.3 Å². The predicted molar refractivity (Wildman–Crippen MR) is 134 cm³/mol. The number of ketones is 1. The van der Waals surface area contributed by atoms with Crippen molar-refractivity contribution in [2.45, 2.75) is 32.8 Å². The monoisotopic (exact) mass is 488 g/mol. The van der Waals surface area contributed by atoms with Crippen LogP contribution in [0.25, 0.3) is 11.3 Å². The zero-order chi connectivity index (χ0) is 25.9. The number of ether oxygens (including phenoxy) is 1. The van der Waals surface area contributed by atoms with Crippen molar-refractivity contribution in [1.29, 1.82) is 5.26 Å². The minimum Gasteiger partial charge on any atom is -0.489 e. The molecule has 0 unspecified atom stereocenters. The molecule has 1 aromatic carbocycles. The number of anilines is 2. The quantitative estimate of drug-likeness (QED) is 0.378. The van der Waals surface area contributed by atoms with E-state index in [4.69, 9.17) is 9.84 Å². The lowest BCUT2D eigenvalue weighted by molar-refractivity contribution is -0.119. The number of carbonyl (C=O) groups is 2. The minimum atomic E-state index is -0.105. The molecule has 0 spiro atoms. The van der Waals surface area contributed by atoms with Gasteiger partial charge in [0, 0.05) is 51.2 Å². The Morgan fingerprint density at radius 2 is 2.00 bits per heavy atom. The third-order valence-electron chi connectivity index (χ3n) is 5.35. The molecule has 186 valence electrons. The smallest absolute Gasteiger partial charge is 0.227 e. The lowest BCUT2D eigenvalue weighted by atomic mass is 10.1. The van der Waals surface area contributed by atoms with Gasteiger partial charge < -0.3 is 20.1 Å². The van der Waals surface area contributed by atoms with E-state index in [1.165, 1.54) is 6.92 Å². The average molecular weight is 489 g/mol. The van der Waals surface area contributed by atoms with E-state index in [9.17, 15) is 14.9 Å². The second-order valence-electron chi connectivity index (χ2n) is 7.98. The highest BCUT2D eigenvalue weighted by Crippen LogP contribution is 2.28. The molecule has 36 heavy (non-hydrogen) atoms. The number of nitrogens with zero attached hydrogens (tertiary/aromatic N) is 5. The molecule has 2 aromatic heterocycles. The zero-order valence-corrected chi connectivity index (χ0v) is 20.2. The maximum Gasteiger partial charge on any atom is 0.227 e. The van der Waals surface area contributed by atoms with Crippen LogP contribution >= 0.6 is 0 Å². The molecule has 3 heterocycles. The Labute approximate surface area is 209 Å². The van der Waals surface area contributed by atoms with E-state index < -0.39 is 0 Å². The Hall–Kier alpha value is -4.36. The van der Waals surface area contributed by atoms with Gasteiger partial charge in [0.05, 0.1) is 23.1 Å². The summed E-state index contributed by atoms with van der Waals surface area (Å²) in [5.74, 6) is 0.785. The number of carbonyl (C=O) groups excluding carboxylic acids is 2. The van der Waals surface area contributed by atoms with Crippen molar-refractivity contribution in [3.05, 3.63) is 60.0 Å². The maximum absolute atomic E-state index is 11.4. The summed E-state index contributed by atoms with van der Waals surface area (Å²) in [5, 5.41) is 20.3. The van der Waals surface area contributed by atoms with E-state index in [-0.39, 0.29) is 18.5 Å². The number of rotatable bonds is 7. The molecule has 0 saturated carbocycles. The zero-order valence-electron chi connectivity index (χ0n) is 20.2. The Bertz CT molecular complexity index is 1220. The van der Waals surface area contributed by atoms with Crippen molar-refractivity contribution >= 4 is 23.8 Å². The maximum atomic E-state index is 11.4. The number of nitriles is 1. The standard InChI is InChI=1S/C24H22N6O3.C2H6O/c1-16(32)21-4-3-19(14-27-21)28-24-26-9-6-22(29-24)17-2-5-23(18(12-17)13-25)33-20-7-10-30(15-31)11-8-20;1-2-3/h2-6,9,12,14-15,20H,7-8,10-11H2,1H3,(H,26,28,29);3H,2H2,1H3. The number of hydrogen-bond donors (Lipinski definition) is 2. The third kappa shape index (κ3) is 7.07. The first-order chi connectivity index (χ1) is 17.5. The van der Waals surface area contributed by atoms with Gasteiger partial charge in [0.25, 0.3) is 0 Å². The number of benzene rings is 1. The molecule has 1 aliphatic heterocycles. The molecule has 1 fully saturated rings. The number of piperidine rings is 1. The first-order valence-corrected chi connectivity index (χ1v) is 11.6. The number of likely N-dealkylation sites (tertiary alicyclic amines) is 1. The molecule has 0 radical (unpaired) electrons. The molecule has 0 atom stereocenters. The molecule has 10 nitrogen and oxygen atoms in total.